The Hall–Kier alpha value is -1.14. The minimum absolute atomic E-state index is 0.0106. The van der Waals surface area contributed by atoms with Gasteiger partial charge in [0.25, 0.3) is 0 Å². The first-order valence-corrected chi connectivity index (χ1v) is 21.1. The fourth-order valence-electron chi connectivity index (χ4n) is 17.7. The quantitative estimate of drug-likeness (QED) is 0.275. The lowest BCUT2D eigenvalue weighted by molar-refractivity contribution is -0.198. The molecule has 1 heterocycles. The van der Waals surface area contributed by atoms with Gasteiger partial charge in [-0.05, 0) is 160 Å². The van der Waals surface area contributed by atoms with Gasteiger partial charge in [0, 0.05) is 30.6 Å². The van der Waals surface area contributed by atoms with Crippen LogP contribution in [0.1, 0.15) is 158 Å². The van der Waals surface area contributed by atoms with Crippen LogP contribution in [-0.2, 0) is 28.5 Å². The molecule has 0 amide bonds. The lowest BCUT2D eigenvalue weighted by Crippen LogP contribution is -2.59. The molecule has 1 aliphatic heterocycles. The largest absolute Gasteiger partial charge is 0.462 e. The first kappa shape index (κ1) is 34.6. The van der Waals surface area contributed by atoms with Gasteiger partial charge >= 0.3 is 11.9 Å². The Balaban J connectivity index is 0.916. The summed E-state index contributed by atoms with van der Waals surface area (Å²) in [6, 6.07) is 0. The van der Waals surface area contributed by atoms with Gasteiger partial charge in [-0.25, -0.2) is 0 Å². The van der Waals surface area contributed by atoms with Crippen molar-refractivity contribution in [3.8, 4) is 0 Å². The Labute approximate surface area is 302 Å². The van der Waals surface area contributed by atoms with Crippen molar-refractivity contribution in [2.75, 3.05) is 6.61 Å². The second kappa shape index (κ2) is 11.0. The number of esters is 2. The van der Waals surface area contributed by atoms with Crippen LogP contribution in [0.3, 0.4) is 0 Å². The van der Waals surface area contributed by atoms with Crippen molar-refractivity contribution in [3.63, 3.8) is 0 Å². The number of carbonyl (C=O) groups is 2. The highest BCUT2D eigenvalue weighted by molar-refractivity contribution is 5.66. The van der Waals surface area contributed by atoms with Crippen molar-refractivity contribution in [3.05, 3.63) is 0 Å². The second-order valence-electron chi connectivity index (χ2n) is 21.9. The molecule has 8 aliphatic carbocycles. The molecule has 1 saturated heterocycles. The molecular weight excluding hydrogens is 624 g/mol. The molecule has 9 aliphatic rings. The molecule has 0 aromatic heterocycles. The average molecular weight is 693 g/mol. The van der Waals surface area contributed by atoms with Crippen LogP contribution >= 0.6 is 0 Å². The van der Waals surface area contributed by atoms with Gasteiger partial charge in [-0.2, -0.15) is 0 Å². The third-order valence-corrected chi connectivity index (χ3v) is 19.3. The summed E-state index contributed by atoms with van der Waals surface area (Å²) in [5, 5.41) is 0. The third-order valence-electron chi connectivity index (χ3n) is 19.3. The standard InChI is InChI=1S/C44H68O6/c1-26(45)48-35-15-17-40(7)31(38(35,3)4)13-19-42-21-28(9-11-33(40)42)30(23-42)37-47-25-44(50-37)24-43-20-14-32-39(5,6)36(49-27(2)46)16-18-41(32,8)34(43)12-10-29(44)22-43/h28-37H,9-25H2,1-8H3/t28-,29-,30-,31-,32-,33+,34-,35-,36-,37-,40-,41-,42+,43+,44+/m1/s1. The number of rotatable bonds is 3. The predicted octanol–water partition coefficient (Wildman–Crippen LogP) is 9.66. The van der Waals surface area contributed by atoms with E-state index in [4.69, 9.17) is 18.9 Å². The summed E-state index contributed by atoms with van der Waals surface area (Å²) in [7, 11) is 0. The maximum atomic E-state index is 12.0. The number of carbonyl (C=O) groups excluding carboxylic acids is 2. The van der Waals surface area contributed by atoms with Crippen molar-refractivity contribution in [1.29, 1.82) is 0 Å². The van der Waals surface area contributed by atoms with E-state index in [9.17, 15) is 9.59 Å². The lowest BCUT2D eigenvalue weighted by Gasteiger charge is -2.65. The van der Waals surface area contributed by atoms with Crippen LogP contribution in [0.15, 0.2) is 0 Å². The van der Waals surface area contributed by atoms with Crippen molar-refractivity contribution in [2.45, 2.75) is 182 Å². The SMILES string of the molecule is CC(=O)O[C@@H]1CC[C@]2(C)[C@H](CC[C@@]34C[C@@H](CC[C@H]32)[C@H]([C@@H]2OC[C@]3(C[C@@]56CC[C@@H]7C(C)(C)[C@H](OC(C)=O)CC[C@@]7(C)[C@H]5CC[C@@H]3C6)O2)C4)C1(C)C. The van der Waals surface area contributed by atoms with Gasteiger partial charge in [0.2, 0.25) is 0 Å². The summed E-state index contributed by atoms with van der Waals surface area (Å²) >= 11 is 0. The predicted molar refractivity (Wildman–Crippen MR) is 192 cm³/mol. The van der Waals surface area contributed by atoms with Gasteiger partial charge in [0.05, 0.1) is 12.2 Å². The maximum Gasteiger partial charge on any atom is 0.302 e. The highest BCUT2D eigenvalue weighted by atomic mass is 16.7. The molecule has 0 N–H and O–H groups in total. The molecule has 0 unspecified atom stereocenters. The van der Waals surface area contributed by atoms with E-state index in [1.807, 2.05) is 0 Å². The van der Waals surface area contributed by atoms with Gasteiger partial charge in [0.1, 0.15) is 12.2 Å². The van der Waals surface area contributed by atoms with E-state index in [1.54, 1.807) is 13.8 Å². The molecule has 0 radical (unpaired) electrons. The zero-order valence-electron chi connectivity index (χ0n) is 32.7. The van der Waals surface area contributed by atoms with Gasteiger partial charge in [-0.15, -0.1) is 0 Å². The van der Waals surface area contributed by atoms with E-state index in [2.05, 4.69) is 41.5 Å². The van der Waals surface area contributed by atoms with E-state index in [0.29, 0.717) is 45.3 Å². The maximum absolute atomic E-state index is 12.0. The molecule has 6 nitrogen and oxygen atoms in total. The van der Waals surface area contributed by atoms with Crippen molar-refractivity contribution in [1.82, 2.24) is 0 Å². The van der Waals surface area contributed by atoms with Crippen LogP contribution in [0.25, 0.3) is 0 Å². The fourth-order valence-corrected chi connectivity index (χ4v) is 17.7. The molecule has 8 saturated carbocycles. The summed E-state index contributed by atoms with van der Waals surface area (Å²) in [4.78, 5) is 24.1. The van der Waals surface area contributed by atoms with E-state index < -0.39 is 0 Å². The van der Waals surface area contributed by atoms with E-state index in [0.717, 1.165) is 37.2 Å². The monoisotopic (exact) mass is 693 g/mol. The molecule has 50 heavy (non-hydrogen) atoms. The molecule has 0 aromatic rings. The molecule has 6 heteroatoms. The molecule has 4 bridgehead atoms. The van der Waals surface area contributed by atoms with Gasteiger partial charge < -0.3 is 18.9 Å². The van der Waals surface area contributed by atoms with E-state index in [1.165, 1.54) is 89.9 Å². The van der Waals surface area contributed by atoms with Crippen LogP contribution in [0, 0.1) is 73.9 Å². The molecule has 3 spiro atoms. The number of ether oxygens (including phenoxy) is 4. The molecule has 0 aromatic carbocycles. The Morgan fingerprint density at radius 3 is 1.76 bits per heavy atom. The Morgan fingerprint density at radius 2 is 1.16 bits per heavy atom. The molecule has 280 valence electrons. The molecule has 9 fully saturated rings. The first-order chi connectivity index (χ1) is 23.5. The summed E-state index contributed by atoms with van der Waals surface area (Å²) in [6.45, 7) is 18.8. The van der Waals surface area contributed by atoms with Crippen molar-refractivity contribution < 1.29 is 28.5 Å². The summed E-state index contributed by atoms with van der Waals surface area (Å²) in [6.07, 6.45) is 20.0. The van der Waals surface area contributed by atoms with Crippen molar-refractivity contribution >= 4 is 11.9 Å². The van der Waals surface area contributed by atoms with Crippen LogP contribution in [0.4, 0.5) is 0 Å². The van der Waals surface area contributed by atoms with Gasteiger partial charge in [-0.3, -0.25) is 9.59 Å². The normalized spacial score (nSPS) is 55.4. The molecule has 15 atom stereocenters. The summed E-state index contributed by atoms with van der Waals surface area (Å²) in [5.41, 5.74) is 1.34. The minimum Gasteiger partial charge on any atom is -0.462 e. The van der Waals surface area contributed by atoms with Gasteiger partial charge in [-0.1, -0.05) is 41.5 Å². The average Bonchev–Trinajstić information content (AvgIpc) is 3.64. The summed E-state index contributed by atoms with van der Waals surface area (Å²) in [5.74, 6) is 4.32. The Bertz CT molecular complexity index is 1420. The third kappa shape index (κ3) is 4.57. The molecular formula is C44H68O6. The van der Waals surface area contributed by atoms with Crippen LogP contribution in [0.5, 0.6) is 0 Å². The lowest BCUT2D eigenvalue weighted by atomic mass is 9.41. The van der Waals surface area contributed by atoms with Gasteiger partial charge in [0.15, 0.2) is 6.29 Å². The highest BCUT2D eigenvalue weighted by Crippen LogP contribution is 2.76. The topological polar surface area (TPSA) is 71.1 Å². The van der Waals surface area contributed by atoms with Crippen LogP contribution < -0.4 is 0 Å². The Morgan fingerprint density at radius 1 is 0.600 bits per heavy atom. The number of fused-ring (bicyclic) bond motifs is 7. The van der Waals surface area contributed by atoms with Crippen LogP contribution in [-0.4, -0.2) is 42.6 Å². The molecule has 9 rings (SSSR count). The van der Waals surface area contributed by atoms with Crippen LogP contribution in [0.2, 0.25) is 0 Å². The second-order valence-corrected chi connectivity index (χ2v) is 21.9. The van der Waals surface area contributed by atoms with E-state index >= 15 is 0 Å². The first-order valence-electron chi connectivity index (χ1n) is 21.1. The smallest absolute Gasteiger partial charge is 0.302 e. The zero-order valence-corrected chi connectivity index (χ0v) is 32.7. The number of hydrogen-bond acceptors (Lipinski definition) is 6. The fraction of sp³-hybridized carbons (Fsp3) is 0.955. The van der Waals surface area contributed by atoms with E-state index in [-0.39, 0.29) is 46.9 Å². The minimum atomic E-state index is -0.124. The highest BCUT2D eigenvalue weighted by Gasteiger charge is 2.72. The Kier molecular flexibility index (Phi) is 7.60. The zero-order chi connectivity index (χ0) is 35.3. The number of hydrogen-bond donors (Lipinski definition) is 0. The van der Waals surface area contributed by atoms with Crippen molar-refractivity contribution in [2.24, 2.45) is 73.9 Å². The summed E-state index contributed by atoms with van der Waals surface area (Å²) < 4.78 is 26.4.